The number of fused-ring (bicyclic) bond motifs is 1. The zero-order valence-electron chi connectivity index (χ0n) is 24.8. The van der Waals surface area contributed by atoms with Crippen molar-refractivity contribution in [3.8, 4) is 0 Å². The molecular formula is C30H42FN5O5. The summed E-state index contributed by atoms with van der Waals surface area (Å²) in [7, 11) is 0. The van der Waals surface area contributed by atoms with Crippen LogP contribution in [0.3, 0.4) is 0 Å². The van der Waals surface area contributed by atoms with Crippen LogP contribution in [0, 0.1) is 11.7 Å². The quantitative estimate of drug-likeness (QED) is 0.554. The molecule has 4 aliphatic rings. The smallest absolute Gasteiger partial charge is 0.410 e. The van der Waals surface area contributed by atoms with Crippen LogP contribution in [0.2, 0.25) is 0 Å². The third kappa shape index (κ3) is 5.78. The summed E-state index contributed by atoms with van der Waals surface area (Å²) < 4.78 is 21.4. The molecule has 0 saturated carbocycles. The largest absolute Gasteiger partial charge is 0.444 e. The van der Waals surface area contributed by atoms with Gasteiger partial charge in [-0.1, -0.05) is 0 Å². The molecule has 4 amide bonds. The van der Waals surface area contributed by atoms with E-state index in [0.717, 1.165) is 25.9 Å². The van der Waals surface area contributed by atoms with Gasteiger partial charge in [-0.3, -0.25) is 24.6 Å². The van der Waals surface area contributed by atoms with E-state index < -0.39 is 23.4 Å². The highest BCUT2D eigenvalue weighted by molar-refractivity contribution is 6.05. The molecule has 4 heterocycles. The van der Waals surface area contributed by atoms with E-state index in [1.807, 2.05) is 20.8 Å². The van der Waals surface area contributed by atoms with Gasteiger partial charge in [0.25, 0.3) is 5.91 Å². The molecule has 0 radical (unpaired) electrons. The van der Waals surface area contributed by atoms with Crippen molar-refractivity contribution in [2.75, 3.05) is 44.2 Å². The van der Waals surface area contributed by atoms with Gasteiger partial charge in [0, 0.05) is 62.4 Å². The summed E-state index contributed by atoms with van der Waals surface area (Å²) in [6, 6.07) is 2.59. The summed E-state index contributed by atoms with van der Waals surface area (Å²) in [5.41, 5.74) is 0.517. The number of halogens is 1. The molecule has 3 fully saturated rings. The predicted octanol–water partition coefficient (Wildman–Crippen LogP) is 3.13. The number of nitrogens with one attached hydrogen (secondary N) is 1. The first kappa shape index (κ1) is 29.3. The average molecular weight is 572 g/mol. The number of nitrogens with zero attached hydrogens (tertiary/aromatic N) is 4. The van der Waals surface area contributed by atoms with Gasteiger partial charge in [0.15, 0.2) is 5.82 Å². The molecule has 1 atom stereocenters. The number of benzene rings is 1. The molecule has 0 spiro atoms. The lowest BCUT2D eigenvalue weighted by Crippen LogP contribution is -2.59. The summed E-state index contributed by atoms with van der Waals surface area (Å²) in [5.74, 6) is -1.21. The Morgan fingerprint density at radius 3 is 2.22 bits per heavy atom. The van der Waals surface area contributed by atoms with E-state index in [1.165, 1.54) is 4.90 Å². The molecule has 0 aromatic heterocycles. The molecule has 4 aliphatic heterocycles. The Kier molecular flexibility index (Phi) is 7.78. The van der Waals surface area contributed by atoms with E-state index in [-0.39, 0.29) is 48.4 Å². The number of amides is 4. The highest BCUT2D eigenvalue weighted by atomic mass is 19.1. The zero-order chi connectivity index (χ0) is 29.7. The van der Waals surface area contributed by atoms with Crippen molar-refractivity contribution < 1.29 is 28.3 Å². The Labute approximate surface area is 241 Å². The molecule has 1 aromatic rings. The van der Waals surface area contributed by atoms with Crippen LogP contribution in [0.1, 0.15) is 76.2 Å². The van der Waals surface area contributed by atoms with E-state index >= 15 is 4.39 Å². The number of rotatable bonds is 4. The molecule has 0 bridgehead atoms. The highest BCUT2D eigenvalue weighted by Crippen LogP contribution is 2.38. The minimum absolute atomic E-state index is 0.0267. The van der Waals surface area contributed by atoms with E-state index in [1.54, 1.807) is 17.0 Å². The maximum absolute atomic E-state index is 15.8. The lowest BCUT2D eigenvalue weighted by Gasteiger charge is -2.50. The van der Waals surface area contributed by atoms with Crippen LogP contribution in [0.5, 0.6) is 0 Å². The van der Waals surface area contributed by atoms with Crippen LogP contribution in [-0.4, -0.2) is 95.0 Å². The normalized spacial score (nSPS) is 23.1. The molecular weight excluding hydrogens is 529 g/mol. The maximum Gasteiger partial charge on any atom is 0.410 e. The summed E-state index contributed by atoms with van der Waals surface area (Å²) in [6.45, 7) is 14.4. The van der Waals surface area contributed by atoms with Gasteiger partial charge in [-0.25, -0.2) is 9.18 Å². The van der Waals surface area contributed by atoms with Crippen LogP contribution in [-0.2, 0) is 20.9 Å². The summed E-state index contributed by atoms with van der Waals surface area (Å²) in [4.78, 5) is 57.1. The van der Waals surface area contributed by atoms with Gasteiger partial charge >= 0.3 is 6.09 Å². The minimum atomic E-state index is -0.764. The first-order chi connectivity index (χ1) is 19.3. The third-order valence-corrected chi connectivity index (χ3v) is 9.21. The van der Waals surface area contributed by atoms with Crippen LogP contribution in [0.4, 0.5) is 14.9 Å². The molecule has 41 heavy (non-hydrogen) atoms. The number of piperidine rings is 2. The van der Waals surface area contributed by atoms with Gasteiger partial charge in [0.2, 0.25) is 11.8 Å². The molecule has 1 aromatic carbocycles. The van der Waals surface area contributed by atoms with Gasteiger partial charge in [0.1, 0.15) is 11.6 Å². The summed E-state index contributed by atoms with van der Waals surface area (Å²) in [5, 5.41) is 2.29. The minimum Gasteiger partial charge on any atom is -0.444 e. The summed E-state index contributed by atoms with van der Waals surface area (Å²) in [6.07, 6.45) is 1.95. The standard InChI is InChI=1S/C30H42FN5O5/c1-29(2,3)41-28(40)34-14-16-35(17-15-34)30(4,5)19-10-12-33(13-11-19)22-7-6-20-21(25(22)31)18-36(27(20)39)23-8-9-24(37)32-26(23)38/h6-7,19,23H,8-18H2,1-5H3,(H,32,37,38). The van der Waals surface area contributed by atoms with Crippen molar-refractivity contribution >= 4 is 29.5 Å². The Morgan fingerprint density at radius 2 is 1.61 bits per heavy atom. The fourth-order valence-electron chi connectivity index (χ4n) is 6.71. The molecule has 224 valence electrons. The molecule has 1 unspecified atom stereocenters. The Hall–Kier alpha value is -3.21. The van der Waals surface area contributed by atoms with E-state index in [9.17, 15) is 19.2 Å². The molecule has 11 heteroatoms. The molecule has 10 nitrogen and oxygen atoms in total. The van der Waals surface area contributed by atoms with E-state index in [0.29, 0.717) is 43.3 Å². The lowest BCUT2D eigenvalue weighted by molar-refractivity contribution is -0.136. The Balaban J connectivity index is 1.19. The van der Waals surface area contributed by atoms with Gasteiger partial charge in [-0.15, -0.1) is 0 Å². The topological polar surface area (TPSA) is 102 Å². The summed E-state index contributed by atoms with van der Waals surface area (Å²) >= 11 is 0. The number of imide groups is 1. The van der Waals surface area contributed by atoms with Crippen LogP contribution >= 0.6 is 0 Å². The van der Waals surface area contributed by atoms with Crippen LogP contribution in [0.15, 0.2) is 12.1 Å². The van der Waals surface area contributed by atoms with Gasteiger partial charge in [-0.05, 0) is 71.9 Å². The lowest BCUT2D eigenvalue weighted by atomic mass is 9.78. The molecule has 3 saturated heterocycles. The van der Waals surface area contributed by atoms with Crippen molar-refractivity contribution in [1.82, 2.24) is 20.0 Å². The second-order valence-corrected chi connectivity index (χ2v) is 13.2. The molecule has 5 rings (SSSR count). The van der Waals surface area contributed by atoms with Gasteiger partial charge < -0.3 is 19.4 Å². The van der Waals surface area contributed by atoms with Crippen LogP contribution < -0.4 is 10.2 Å². The number of piperazine rings is 1. The predicted molar refractivity (Wildman–Crippen MR) is 151 cm³/mol. The molecule has 0 aliphatic carbocycles. The number of hydrogen-bond acceptors (Lipinski definition) is 7. The number of anilines is 1. The second kappa shape index (κ2) is 10.9. The zero-order valence-corrected chi connectivity index (χ0v) is 24.8. The first-order valence-corrected chi connectivity index (χ1v) is 14.7. The van der Waals surface area contributed by atoms with Crippen LogP contribution in [0.25, 0.3) is 0 Å². The van der Waals surface area contributed by atoms with E-state index in [2.05, 4.69) is 29.0 Å². The fraction of sp³-hybridized carbons (Fsp3) is 0.667. The SMILES string of the molecule is CC(C)(C)OC(=O)N1CCN(C(C)(C)C2CCN(c3ccc4c(c3F)CN(C3CCC(=O)NC3=O)C4=O)CC2)CC1. The van der Waals surface area contributed by atoms with Crippen molar-refractivity contribution in [3.05, 3.63) is 29.1 Å². The monoisotopic (exact) mass is 571 g/mol. The van der Waals surface area contributed by atoms with Crippen molar-refractivity contribution in [2.45, 2.75) is 84.0 Å². The first-order valence-electron chi connectivity index (χ1n) is 14.7. The number of ether oxygens (including phenoxy) is 1. The maximum atomic E-state index is 15.8. The number of hydrogen-bond donors (Lipinski definition) is 1. The van der Waals surface area contributed by atoms with Crippen molar-refractivity contribution in [1.29, 1.82) is 0 Å². The second-order valence-electron chi connectivity index (χ2n) is 13.2. The van der Waals surface area contributed by atoms with Gasteiger partial charge in [0.05, 0.1) is 12.2 Å². The molecule has 1 N–H and O–H groups in total. The van der Waals surface area contributed by atoms with E-state index in [4.69, 9.17) is 4.74 Å². The fourth-order valence-corrected chi connectivity index (χ4v) is 6.71. The highest BCUT2D eigenvalue weighted by Gasteiger charge is 2.42. The van der Waals surface area contributed by atoms with Crippen molar-refractivity contribution in [3.63, 3.8) is 0 Å². The Bertz CT molecular complexity index is 1230. The van der Waals surface area contributed by atoms with Crippen molar-refractivity contribution in [2.24, 2.45) is 5.92 Å². The Morgan fingerprint density at radius 1 is 0.951 bits per heavy atom. The van der Waals surface area contributed by atoms with Gasteiger partial charge in [-0.2, -0.15) is 0 Å². The third-order valence-electron chi connectivity index (χ3n) is 9.21. The number of carbonyl (C=O) groups is 4. The average Bonchev–Trinajstić information content (AvgIpc) is 3.25. The number of carbonyl (C=O) groups excluding carboxylic acids is 4.